The summed E-state index contributed by atoms with van der Waals surface area (Å²) in [5.41, 5.74) is 0.640. The SMILES string of the molecule is CN(C)c1ccc(NC(=O)CCNC(=O)c2ccc(C(C)(C)C)cc2)c(C(F)(F)F)c1. The van der Waals surface area contributed by atoms with Crippen molar-refractivity contribution in [1.82, 2.24) is 5.32 Å². The van der Waals surface area contributed by atoms with E-state index in [9.17, 15) is 22.8 Å². The molecule has 0 bridgehead atoms. The lowest BCUT2D eigenvalue weighted by Crippen LogP contribution is -2.28. The zero-order valence-electron chi connectivity index (χ0n) is 18.4. The second-order valence-corrected chi connectivity index (χ2v) is 8.50. The molecule has 2 rings (SSSR count). The number of carbonyl (C=O) groups is 2. The van der Waals surface area contributed by atoms with Gasteiger partial charge >= 0.3 is 6.18 Å². The number of halogens is 3. The minimum Gasteiger partial charge on any atom is -0.378 e. The standard InChI is InChI=1S/C23H28F3N3O2/c1-22(2,3)16-8-6-15(7-9-16)21(31)27-13-12-20(30)28-19-11-10-17(29(4)5)14-18(19)23(24,25)26/h6-11,14H,12-13H2,1-5H3,(H,27,31)(H,28,30). The first-order valence-corrected chi connectivity index (χ1v) is 9.86. The Bertz CT molecular complexity index is 931. The van der Waals surface area contributed by atoms with Crippen LogP contribution in [0, 0.1) is 0 Å². The van der Waals surface area contributed by atoms with E-state index in [0.29, 0.717) is 11.3 Å². The van der Waals surface area contributed by atoms with Gasteiger partial charge in [-0.2, -0.15) is 13.2 Å². The van der Waals surface area contributed by atoms with E-state index < -0.39 is 17.6 Å². The third kappa shape index (κ3) is 6.73. The molecule has 2 amide bonds. The molecule has 168 valence electrons. The van der Waals surface area contributed by atoms with Crippen LogP contribution in [0.5, 0.6) is 0 Å². The van der Waals surface area contributed by atoms with Crippen molar-refractivity contribution in [2.75, 3.05) is 30.9 Å². The van der Waals surface area contributed by atoms with Crippen LogP contribution in [-0.2, 0) is 16.4 Å². The van der Waals surface area contributed by atoms with E-state index >= 15 is 0 Å². The molecule has 0 aliphatic rings. The van der Waals surface area contributed by atoms with Crippen LogP contribution in [0.1, 0.15) is 48.7 Å². The number of benzene rings is 2. The zero-order chi connectivity index (χ0) is 23.4. The predicted octanol–water partition coefficient (Wildman–Crippen LogP) is 4.83. The Kier molecular flexibility index (Phi) is 7.36. The Morgan fingerprint density at radius 2 is 1.58 bits per heavy atom. The van der Waals surface area contributed by atoms with Crippen LogP contribution in [-0.4, -0.2) is 32.5 Å². The summed E-state index contributed by atoms with van der Waals surface area (Å²) in [6, 6.07) is 10.9. The summed E-state index contributed by atoms with van der Waals surface area (Å²) < 4.78 is 40.1. The predicted molar refractivity (Wildman–Crippen MR) is 116 cm³/mol. The molecule has 2 N–H and O–H groups in total. The lowest BCUT2D eigenvalue weighted by atomic mass is 9.87. The van der Waals surface area contributed by atoms with Crippen molar-refractivity contribution >= 4 is 23.2 Å². The highest BCUT2D eigenvalue weighted by atomic mass is 19.4. The van der Waals surface area contributed by atoms with Gasteiger partial charge in [0.05, 0.1) is 11.3 Å². The number of nitrogens with zero attached hydrogens (tertiary/aromatic N) is 1. The van der Waals surface area contributed by atoms with Gasteiger partial charge in [-0.05, 0) is 41.3 Å². The summed E-state index contributed by atoms with van der Waals surface area (Å²) in [4.78, 5) is 25.9. The first-order chi connectivity index (χ1) is 14.3. The molecule has 8 heteroatoms. The van der Waals surface area contributed by atoms with Crippen LogP contribution in [0.15, 0.2) is 42.5 Å². The molecule has 0 saturated carbocycles. The average molecular weight is 435 g/mol. The van der Waals surface area contributed by atoms with Gasteiger partial charge in [0.25, 0.3) is 5.91 Å². The van der Waals surface area contributed by atoms with Crippen molar-refractivity contribution in [2.45, 2.75) is 38.8 Å². The van der Waals surface area contributed by atoms with Crippen LogP contribution in [0.4, 0.5) is 24.5 Å². The van der Waals surface area contributed by atoms with Crippen molar-refractivity contribution in [3.8, 4) is 0 Å². The summed E-state index contributed by atoms with van der Waals surface area (Å²) in [5, 5.41) is 4.91. The van der Waals surface area contributed by atoms with E-state index in [0.717, 1.165) is 11.6 Å². The molecule has 0 radical (unpaired) electrons. The third-order valence-electron chi connectivity index (χ3n) is 4.75. The zero-order valence-corrected chi connectivity index (χ0v) is 18.4. The van der Waals surface area contributed by atoms with Gasteiger partial charge < -0.3 is 15.5 Å². The second-order valence-electron chi connectivity index (χ2n) is 8.50. The van der Waals surface area contributed by atoms with Crippen molar-refractivity contribution < 1.29 is 22.8 Å². The van der Waals surface area contributed by atoms with Crippen molar-refractivity contribution in [3.05, 3.63) is 59.2 Å². The monoisotopic (exact) mass is 435 g/mol. The highest BCUT2D eigenvalue weighted by Crippen LogP contribution is 2.37. The molecule has 0 heterocycles. The van der Waals surface area contributed by atoms with Gasteiger partial charge in [-0.3, -0.25) is 9.59 Å². The fraction of sp³-hybridized carbons (Fsp3) is 0.391. The second kappa shape index (κ2) is 9.41. The Morgan fingerprint density at radius 1 is 0.968 bits per heavy atom. The Hall–Kier alpha value is -3.03. The number of anilines is 2. The van der Waals surface area contributed by atoms with E-state index in [2.05, 4.69) is 31.4 Å². The maximum absolute atomic E-state index is 13.4. The quantitative estimate of drug-likeness (QED) is 0.683. The van der Waals surface area contributed by atoms with Crippen molar-refractivity contribution in [1.29, 1.82) is 0 Å². The van der Waals surface area contributed by atoms with E-state index in [1.54, 1.807) is 31.1 Å². The van der Waals surface area contributed by atoms with Gasteiger partial charge in [-0.15, -0.1) is 0 Å². The van der Waals surface area contributed by atoms with Crippen LogP contribution in [0.3, 0.4) is 0 Å². The average Bonchev–Trinajstić information content (AvgIpc) is 2.66. The van der Waals surface area contributed by atoms with Gasteiger partial charge in [0.2, 0.25) is 5.91 Å². The Balaban J connectivity index is 1.96. The molecule has 0 unspecified atom stereocenters. The Morgan fingerprint density at radius 3 is 2.10 bits per heavy atom. The fourth-order valence-corrected chi connectivity index (χ4v) is 2.88. The molecule has 31 heavy (non-hydrogen) atoms. The molecule has 0 saturated heterocycles. The van der Waals surface area contributed by atoms with E-state index in [4.69, 9.17) is 0 Å². The maximum atomic E-state index is 13.4. The summed E-state index contributed by atoms with van der Waals surface area (Å²) >= 11 is 0. The topological polar surface area (TPSA) is 61.4 Å². The number of hydrogen-bond acceptors (Lipinski definition) is 3. The highest BCUT2D eigenvalue weighted by Gasteiger charge is 2.34. The fourth-order valence-electron chi connectivity index (χ4n) is 2.88. The van der Waals surface area contributed by atoms with Gasteiger partial charge in [0.15, 0.2) is 0 Å². The number of alkyl halides is 3. The van der Waals surface area contributed by atoms with Crippen LogP contribution in [0.2, 0.25) is 0 Å². The van der Waals surface area contributed by atoms with E-state index in [1.807, 2.05) is 12.1 Å². The van der Waals surface area contributed by atoms with Gasteiger partial charge in [-0.25, -0.2) is 0 Å². The largest absolute Gasteiger partial charge is 0.418 e. The van der Waals surface area contributed by atoms with Crippen LogP contribution >= 0.6 is 0 Å². The summed E-state index contributed by atoms with van der Waals surface area (Å²) in [6.45, 7) is 6.21. The minimum absolute atomic E-state index is 0.00280. The molecule has 2 aromatic rings. The minimum atomic E-state index is -4.61. The molecular formula is C23H28F3N3O2. The highest BCUT2D eigenvalue weighted by molar-refractivity contribution is 5.95. The van der Waals surface area contributed by atoms with E-state index in [-0.39, 0.29) is 30.0 Å². The van der Waals surface area contributed by atoms with Crippen LogP contribution in [0.25, 0.3) is 0 Å². The summed E-state index contributed by atoms with van der Waals surface area (Å²) in [5.74, 6) is -0.967. The number of rotatable bonds is 6. The molecular weight excluding hydrogens is 407 g/mol. The first-order valence-electron chi connectivity index (χ1n) is 9.86. The number of carbonyl (C=O) groups excluding carboxylic acids is 2. The van der Waals surface area contributed by atoms with Gasteiger partial charge in [0.1, 0.15) is 0 Å². The molecule has 0 fully saturated rings. The molecule has 0 aliphatic carbocycles. The van der Waals surface area contributed by atoms with Crippen molar-refractivity contribution in [3.63, 3.8) is 0 Å². The number of hydrogen-bond donors (Lipinski definition) is 2. The first kappa shape index (κ1) is 24.2. The number of amides is 2. The lowest BCUT2D eigenvalue weighted by Gasteiger charge is -2.19. The van der Waals surface area contributed by atoms with Gasteiger partial charge in [-0.1, -0.05) is 32.9 Å². The smallest absolute Gasteiger partial charge is 0.378 e. The summed E-state index contributed by atoms with van der Waals surface area (Å²) in [6.07, 6.45) is -4.76. The molecule has 0 atom stereocenters. The van der Waals surface area contributed by atoms with Gasteiger partial charge in [0, 0.05) is 38.3 Å². The molecule has 0 aliphatic heterocycles. The number of nitrogens with one attached hydrogen (secondary N) is 2. The molecule has 5 nitrogen and oxygen atoms in total. The molecule has 0 spiro atoms. The summed E-state index contributed by atoms with van der Waals surface area (Å²) in [7, 11) is 3.26. The normalized spacial score (nSPS) is 11.7. The molecule has 2 aromatic carbocycles. The van der Waals surface area contributed by atoms with Crippen molar-refractivity contribution in [2.24, 2.45) is 0 Å². The third-order valence-corrected chi connectivity index (χ3v) is 4.75. The van der Waals surface area contributed by atoms with Crippen LogP contribution < -0.4 is 15.5 Å². The molecule has 0 aromatic heterocycles. The Labute approximate surface area is 180 Å². The van der Waals surface area contributed by atoms with E-state index in [1.165, 1.54) is 12.1 Å². The maximum Gasteiger partial charge on any atom is 0.418 e. The lowest BCUT2D eigenvalue weighted by molar-refractivity contribution is -0.136.